The van der Waals surface area contributed by atoms with Gasteiger partial charge in [0, 0.05) is 43.6 Å². The number of hydrogen-bond acceptors (Lipinski definition) is 5. The second kappa shape index (κ2) is 6.46. The number of benzene rings is 1. The lowest BCUT2D eigenvalue weighted by Gasteiger charge is -2.37. The highest BCUT2D eigenvalue weighted by molar-refractivity contribution is 7.89. The fraction of sp³-hybridized carbons (Fsp3) is 0.333. The number of nitrogens with zero attached hydrogens (tertiary/aromatic N) is 4. The lowest BCUT2D eigenvalue weighted by molar-refractivity contribution is 0.142. The van der Waals surface area contributed by atoms with Crippen LogP contribution in [0.5, 0.6) is 0 Å². The first-order valence-corrected chi connectivity index (χ1v) is 9.96. The summed E-state index contributed by atoms with van der Waals surface area (Å²) in [5.41, 5.74) is 1.52. The predicted molar refractivity (Wildman–Crippen MR) is 99.2 cm³/mol. The third kappa shape index (κ3) is 2.90. The van der Waals surface area contributed by atoms with Gasteiger partial charge in [-0.05, 0) is 31.7 Å². The van der Waals surface area contributed by atoms with E-state index in [0.29, 0.717) is 25.2 Å². The van der Waals surface area contributed by atoms with E-state index in [2.05, 4.69) is 19.9 Å². The number of rotatable bonds is 3. The van der Waals surface area contributed by atoms with Gasteiger partial charge in [0.1, 0.15) is 10.7 Å². The van der Waals surface area contributed by atoms with Gasteiger partial charge < -0.3 is 4.98 Å². The molecular weight excluding hydrogens is 350 g/mol. The minimum atomic E-state index is -3.65. The van der Waals surface area contributed by atoms with Gasteiger partial charge in [0.2, 0.25) is 10.0 Å². The second-order valence-corrected chi connectivity index (χ2v) is 8.58. The topological polar surface area (TPSA) is 82.2 Å². The van der Waals surface area contributed by atoms with Crippen molar-refractivity contribution in [1.82, 2.24) is 24.2 Å². The van der Waals surface area contributed by atoms with Crippen LogP contribution in [0.1, 0.15) is 17.4 Å². The number of H-pyrrole nitrogens is 1. The average Bonchev–Trinajstić information content (AvgIpc) is 3.15. The van der Waals surface area contributed by atoms with Gasteiger partial charge in [0.05, 0.1) is 11.6 Å². The number of hydrogen-bond donors (Lipinski definition) is 1. The Morgan fingerprint density at radius 3 is 2.85 bits per heavy atom. The van der Waals surface area contributed by atoms with Crippen LogP contribution < -0.4 is 0 Å². The van der Waals surface area contributed by atoms with Crippen molar-refractivity contribution in [1.29, 1.82) is 0 Å². The summed E-state index contributed by atoms with van der Waals surface area (Å²) in [6, 6.07) is 7.16. The van der Waals surface area contributed by atoms with Gasteiger partial charge >= 0.3 is 0 Å². The first-order valence-electron chi connectivity index (χ1n) is 8.52. The molecule has 1 unspecified atom stereocenters. The lowest BCUT2D eigenvalue weighted by Crippen LogP contribution is -2.49. The summed E-state index contributed by atoms with van der Waals surface area (Å²) < 4.78 is 28.2. The molecule has 1 N–H and O–H groups in total. The number of aromatic nitrogens is 3. The molecule has 0 aliphatic carbocycles. The number of pyridine rings is 1. The maximum Gasteiger partial charge on any atom is 0.245 e. The molecule has 1 aliphatic rings. The SMILES string of the molecule is Cc1cnc2c(S(=O)(=O)N3CCN(C)C(c4ncc[nH]4)C3)cccc2c1. The minimum absolute atomic E-state index is 0.0984. The van der Waals surface area contributed by atoms with Crippen LogP contribution in [-0.4, -0.2) is 59.3 Å². The highest BCUT2D eigenvalue weighted by atomic mass is 32.2. The molecule has 136 valence electrons. The van der Waals surface area contributed by atoms with Crippen LogP contribution in [0.2, 0.25) is 0 Å². The number of fused-ring (bicyclic) bond motifs is 1. The zero-order valence-electron chi connectivity index (χ0n) is 14.8. The standard InChI is InChI=1S/C18H21N5O2S/c1-13-10-14-4-3-5-16(17(14)21-11-13)26(24,25)23-9-8-22(2)15(12-23)18-19-6-7-20-18/h3-7,10-11,15H,8-9,12H2,1-2H3,(H,19,20). The molecule has 3 heterocycles. The van der Waals surface area contributed by atoms with Crippen molar-refractivity contribution in [2.45, 2.75) is 17.9 Å². The summed E-state index contributed by atoms with van der Waals surface area (Å²) in [7, 11) is -1.66. The normalized spacial score (nSPS) is 19.8. The van der Waals surface area contributed by atoms with Gasteiger partial charge in [-0.3, -0.25) is 9.88 Å². The van der Waals surface area contributed by atoms with Gasteiger partial charge in [-0.2, -0.15) is 4.31 Å². The molecule has 1 atom stereocenters. The smallest absolute Gasteiger partial charge is 0.245 e. The molecule has 1 aromatic carbocycles. The molecule has 0 amide bonds. The molecule has 2 aromatic heterocycles. The van der Waals surface area contributed by atoms with Gasteiger partial charge in [-0.1, -0.05) is 12.1 Å². The lowest BCUT2D eigenvalue weighted by atomic mass is 10.2. The molecular formula is C18H21N5O2S. The number of para-hydroxylation sites is 1. The van der Waals surface area contributed by atoms with Gasteiger partial charge in [-0.15, -0.1) is 0 Å². The van der Waals surface area contributed by atoms with Gasteiger partial charge in [0.15, 0.2) is 0 Å². The van der Waals surface area contributed by atoms with E-state index in [0.717, 1.165) is 16.8 Å². The second-order valence-electron chi connectivity index (χ2n) is 6.67. The molecule has 1 saturated heterocycles. The van der Waals surface area contributed by atoms with Crippen LogP contribution in [0, 0.1) is 6.92 Å². The highest BCUT2D eigenvalue weighted by Crippen LogP contribution is 2.29. The Balaban J connectivity index is 1.73. The third-order valence-electron chi connectivity index (χ3n) is 4.87. The van der Waals surface area contributed by atoms with Crippen LogP contribution in [-0.2, 0) is 10.0 Å². The molecule has 3 aromatic rings. The van der Waals surface area contributed by atoms with E-state index < -0.39 is 10.0 Å². The summed E-state index contributed by atoms with van der Waals surface area (Å²) in [4.78, 5) is 14.2. The summed E-state index contributed by atoms with van der Waals surface area (Å²) in [5, 5.41) is 0.836. The summed E-state index contributed by atoms with van der Waals surface area (Å²) in [6.07, 6.45) is 5.15. The van der Waals surface area contributed by atoms with Crippen molar-refractivity contribution < 1.29 is 8.42 Å². The Kier molecular flexibility index (Phi) is 4.26. The largest absolute Gasteiger partial charge is 0.347 e. The van der Waals surface area contributed by atoms with Gasteiger partial charge in [-0.25, -0.2) is 13.4 Å². The van der Waals surface area contributed by atoms with Gasteiger partial charge in [0.25, 0.3) is 0 Å². The molecule has 8 heteroatoms. The Bertz CT molecular complexity index is 1030. The van der Waals surface area contributed by atoms with E-state index >= 15 is 0 Å². The summed E-state index contributed by atoms with van der Waals surface area (Å²) >= 11 is 0. The van der Waals surface area contributed by atoms with Crippen molar-refractivity contribution in [3.05, 3.63) is 54.2 Å². The first kappa shape index (κ1) is 17.1. The van der Waals surface area contributed by atoms with E-state index in [4.69, 9.17) is 0 Å². The molecule has 26 heavy (non-hydrogen) atoms. The number of likely N-dealkylation sites (N-methyl/N-ethyl adjacent to an activating group) is 1. The monoisotopic (exact) mass is 371 g/mol. The molecule has 4 rings (SSSR count). The van der Waals surface area contributed by atoms with Crippen molar-refractivity contribution in [2.75, 3.05) is 26.7 Å². The highest BCUT2D eigenvalue weighted by Gasteiger charge is 2.35. The maximum absolute atomic E-state index is 13.3. The predicted octanol–water partition coefficient (Wildman–Crippen LogP) is 1.94. The fourth-order valence-corrected chi connectivity index (χ4v) is 5.02. The van der Waals surface area contributed by atoms with Crippen LogP contribution in [0.4, 0.5) is 0 Å². The summed E-state index contributed by atoms with van der Waals surface area (Å²) in [6.45, 7) is 3.39. The molecule has 0 saturated carbocycles. The number of piperazine rings is 1. The van der Waals surface area contributed by atoms with Crippen LogP contribution in [0.3, 0.4) is 0 Å². The molecule has 0 radical (unpaired) electrons. The van der Waals surface area contributed by atoms with E-state index in [9.17, 15) is 8.42 Å². The molecule has 0 spiro atoms. The van der Waals surface area contributed by atoms with E-state index in [1.807, 2.05) is 26.1 Å². The summed E-state index contributed by atoms with van der Waals surface area (Å²) in [5.74, 6) is 0.777. The number of sulfonamides is 1. The Hall–Kier alpha value is -2.29. The maximum atomic E-state index is 13.3. The van der Waals surface area contributed by atoms with Crippen LogP contribution in [0.15, 0.2) is 47.8 Å². The van der Waals surface area contributed by atoms with Crippen LogP contribution in [0.25, 0.3) is 10.9 Å². The Morgan fingerprint density at radius 2 is 2.08 bits per heavy atom. The molecule has 0 bridgehead atoms. The number of aryl methyl sites for hydroxylation is 1. The van der Waals surface area contributed by atoms with Crippen molar-refractivity contribution in [3.8, 4) is 0 Å². The number of nitrogens with one attached hydrogen (secondary N) is 1. The zero-order chi connectivity index (χ0) is 18.3. The molecule has 1 fully saturated rings. The number of aromatic amines is 1. The van der Waals surface area contributed by atoms with Crippen molar-refractivity contribution in [3.63, 3.8) is 0 Å². The Morgan fingerprint density at radius 1 is 1.23 bits per heavy atom. The van der Waals surface area contributed by atoms with Crippen LogP contribution >= 0.6 is 0 Å². The van der Waals surface area contributed by atoms with E-state index in [1.54, 1.807) is 30.7 Å². The van der Waals surface area contributed by atoms with E-state index in [-0.39, 0.29) is 10.9 Å². The van der Waals surface area contributed by atoms with E-state index in [1.165, 1.54) is 4.31 Å². The third-order valence-corrected chi connectivity index (χ3v) is 6.77. The van der Waals surface area contributed by atoms with Crippen molar-refractivity contribution in [2.24, 2.45) is 0 Å². The quantitative estimate of drug-likeness (QED) is 0.761. The molecule has 7 nitrogen and oxygen atoms in total. The van der Waals surface area contributed by atoms with Crippen molar-refractivity contribution >= 4 is 20.9 Å². The Labute approximate surface area is 152 Å². The minimum Gasteiger partial charge on any atom is -0.347 e. The molecule has 1 aliphatic heterocycles. The first-order chi connectivity index (χ1) is 12.5. The number of imidazole rings is 1. The fourth-order valence-electron chi connectivity index (χ4n) is 3.41. The zero-order valence-corrected chi connectivity index (χ0v) is 15.6. The average molecular weight is 371 g/mol.